The third-order valence-corrected chi connectivity index (χ3v) is 7.04. The maximum Gasteiger partial charge on any atom is 0.226 e. The zero-order valence-electron chi connectivity index (χ0n) is 18.2. The first-order chi connectivity index (χ1) is 15.8. The Kier molecular flexibility index (Phi) is 6.99. The summed E-state index contributed by atoms with van der Waals surface area (Å²) >= 11 is 18.6. The van der Waals surface area contributed by atoms with Crippen molar-refractivity contribution >= 4 is 40.7 Å². The molecule has 33 heavy (non-hydrogen) atoms. The molecule has 1 aromatic heterocycles. The van der Waals surface area contributed by atoms with E-state index in [4.69, 9.17) is 39.9 Å². The number of nitriles is 1. The van der Waals surface area contributed by atoms with Crippen LogP contribution in [0.15, 0.2) is 42.5 Å². The summed E-state index contributed by atoms with van der Waals surface area (Å²) in [5.41, 5.74) is 2.38. The molecule has 0 saturated heterocycles. The second kappa shape index (κ2) is 9.77. The predicted octanol–water partition coefficient (Wildman–Crippen LogP) is 6.96. The van der Waals surface area contributed by atoms with E-state index >= 15 is 0 Å². The molecule has 0 aliphatic heterocycles. The number of nitrogens with one attached hydrogen (secondary N) is 1. The average molecular weight is 502 g/mol. The normalized spacial score (nSPS) is 15.1. The fraction of sp³-hybridized carbons (Fsp3) is 0.320. The van der Waals surface area contributed by atoms with Crippen LogP contribution >= 0.6 is 34.8 Å². The van der Waals surface area contributed by atoms with Crippen LogP contribution in [0.4, 0.5) is 0 Å². The van der Waals surface area contributed by atoms with E-state index in [1.165, 1.54) is 0 Å². The topological polar surface area (TPSA) is 70.7 Å². The summed E-state index contributed by atoms with van der Waals surface area (Å²) < 4.78 is 1.63. The summed E-state index contributed by atoms with van der Waals surface area (Å²) in [6, 6.07) is 14.5. The average Bonchev–Trinajstić information content (AvgIpc) is 3.16. The molecule has 1 aliphatic rings. The van der Waals surface area contributed by atoms with E-state index in [9.17, 15) is 10.1 Å². The maximum atomic E-state index is 13.0. The first-order valence-electron chi connectivity index (χ1n) is 10.8. The molecule has 0 spiro atoms. The lowest BCUT2D eigenvalue weighted by atomic mass is 9.75. The Morgan fingerprint density at radius 2 is 1.76 bits per heavy atom. The molecule has 1 N–H and O–H groups in total. The lowest BCUT2D eigenvalue weighted by molar-refractivity contribution is -0.132. The van der Waals surface area contributed by atoms with Crippen LogP contribution in [0.3, 0.4) is 0 Å². The SMILES string of the molecule is CC1(C(=O)NCc2nn(-c3ccc(Cl)cc3Cl)c(-c3ccc(Cl)cc3)c2C#N)CCCCC1. The van der Waals surface area contributed by atoms with Crippen molar-refractivity contribution in [2.24, 2.45) is 5.41 Å². The molecule has 8 heteroatoms. The van der Waals surface area contributed by atoms with Crippen LogP contribution in [0.2, 0.25) is 15.1 Å². The minimum atomic E-state index is -0.383. The van der Waals surface area contributed by atoms with Crippen LogP contribution in [-0.4, -0.2) is 15.7 Å². The van der Waals surface area contributed by atoms with Crippen molar-refractivity contribution in [2.75, 3.05) is 0 Å². The highest BCUT2D eigenvalue weighted by molar-refractivity contribution is 6.35. The van der Waals surface area contributed by atoms with Crippen molar-refractivity contribution in [1.29, 1.82) is 5.26 Å². The molecular weight excluding hydrogens is 479 g/mol. The summed E-state index contributed by atoms with van der Waals surface area (Å²) in [5.74, 6) is -0.00166. The van der Waals surface area contributed by atoms with Crippen LogP contribution in [-0.2, 0) is 11.3 Å². The summed E-state index contributed by atoms with van der Waals surface area (Å²) in [5, 5.41) is 19.3. The molecule has 0 atom stereocenters. The number of carbonyl (C=O) groups excluding carboxylic acids is 1. The predicted molar refractivity (Wildman–Crippen MR) is 132 cm³/mol. The summed E-state index contributed by atoms with van der Waals surface area (Å²) in [4.78, 5) is 13.0. The smallest absolute Gasteiger partial charge is 0.226 e. The van der Waals surface area contributed by atoms with Gasteiger partial charge in [0.1, 0.15) is 17.3 Å². The van der Waals surface area contributed by atoms with Gasteiger partial charge in [0.15, 0.2) is 0 Å². The largest absolute Gasteiger partial charge is 0.350 e. The molecule has 0 unspecified atom stereocenters. The molecule has 4 rings (SSSR count). The molecule has 0 radical (unpaired) electrons. The van der Waals surface area contributed by atoms with Crippen molar-refractivity contribution < 1.29 is 4.79 Å². The number of benzene rings is 2. The number of nitrogens with zero attached hydrogens (tertiary/aromatic N) is 3. The number of rotatable bonds is 5. The van der Waals surface area contributed by atoms with E-state index < -0.39 is 0 Å². The minimum absolute atomic E-state index is 0.00166. The number of amides is 1. The van der Waals surface area contributed by atoms with Gasteiger partial charge in [-0.05, 0) is 43.2 Å². The molecule has 0 bridgehead atoms. The van der Waals surface area contributed by atoms with E-state index in [-0.39, 0.29) is 17.9 Å². The van der Waals surface area contributed by atoms with Gasteiger partial charge < -0.3 is 5.32 Å². The summed E-state index contributed by atoms with van der Waals surface area (Å²) in [6.45, 7) is 2.16. The quantitative estimate of drug-likeness (QED) is 0.411. The number of halogens is 3. The van der Waals surface area contributed by atoms with Crippen LogP contribution < -0.4 is 5.32 Å². The van der Waals surface area contributed by atoms with Crippen molar-refractivity contribution in [3.8, 4) is 23.0 Å². The molecular formula is C25H23Cl3N4O. The zero-order chi connectivity index (χ0) is 23.6. The van der Waals surface area contributed by atoms with Crippen molar-refractivity contribution in [3.63, 3.8) is 0 Å². The van der Waals surface area contributed by atoms with E-state index in [0.29, 0.717) is 37.7 Å². The van der Waals surface area contributed by atoms with Gasteiger partial charge in [0.05, 0.1) is 22.9 Å². The van der Waals surface area contributed by atoms with E-state index in [1.54, 1.807) is 35.0 Å². The minimum Gasteiger partial charge on any atom is -0.350 e. The highest BCUT2D eigenvalue weighted by Gasteiger charge is 2.34. The third-order valence-electron chi connectivity index (χ3n) is 6.25. The van der Waals surface area contributed by atoms with Crippen molar-refractivity contribution in [3.05, 3.63) is 68.8 Å². The maximum absolute atomic E-state index is 13.0. The Morgan fingerprint density at radius 3 is 2.39 bits per heavy atom. The summed E-state index contributed by atoms with van der Waals surface area (Å²) in [7, 11) is 0. The number of hydrogen-bond acceptors (Lipinski definition) is 3. The Morgan fingerprint density at radius 1 is 1.09 bits per heavy atom. The standard InChI is InChI=1S/C25H23Cl3N4O/c1-25(11-3-2-4-12-25)24(33)30-15-21-19(14-29)23(16-5-7-17(26)8-6-16)32(31-21)22-10-9-18(27)13-20(22)28/h5-10,13H,2-4,11-12,15H2,1H3,(H,30,33). The Balaban J connectivity index is 1.76. The van der Waals surface area contributed by atoms with E-state index in [1.807, 2.05) is 19.1 Å². The lowest BCUT2D eigenvalue weighted by Crippen LogP contribution is -2.40. The molecule has 1 heterocycles. The highest BCUT2D eigenvalue weighted by Crippen LogP contribution is 2.36. The number of hydrogen-bond donors (Lipinski definition) is 1. The number of aromatic nitrogens is 2. The van der Waals surface area contributed by atoms with Crippen LogP contribution in [0.1, 0.15) is 50.3 Å². The van der Waals surface area contributed by atoms with Crippen molar-refractivity contribution in [2.45, 2.75) is 45.6 Å². The monoisotopic (exact) mass is 500 g/mol. The zero-order valence-corrected chi connectivity index (χ0v) is 20.4. The molecule has 1 fully saturated rings. The number of carbonyl (C=O) groups is 1. The Bertz CT molecular complexity index is 1220. The van der Waals surface area contributed by atoms with Gasteiger partial charge in [0.25, 0.3) is 0 Å². The molecule has 1 aliphatic carbocycles. The van der Waals surface area contributed by atoms with Crippen LogP contribution in [0.25, 0.3) is 16.9 Å². The van der Waals surface area contributed by atoms with Gasteiger partial charge in [-0.25, -0.2) is 4.68 Å². The highest BCUT2D eigenvalue weighted by atomic mass is 35.5. The second-order valence-electron chi connectivity index (χ2n) is 8.60. The van der Waals surface area contributed by atoms with E-state index in [0.717, 1.165) is 37.7 Å². The summed E-state index contributed by atoms with van der Waals surface area (Å²) in [6.07, 6.45) is 5.01. The molecule has 5 nitrogen and oxygen atoms in total. The van der Waals surface area contributed by atoms with Crippen molar-refractivity contribution in [1.82, 2.24) is 15.1 Å². The molecule has 3 aromatic rings. The van der Waals surface area contributed by atoms with Gasteiger partial charge in [-0.1, -0.05) is 73.1 Å². The lowest BCUT2D eigenvalue weighted by Gasteiger charge is -2.31. The molecule has 170 valence electrons. The molecule has 1 saturated carbocycles. The third kappa shape index (κ3) is 4.89. The van der Waals surface area contributed by atoms with Crippen LogP contribution in [0.5, 0.6) is 0 Å². The Hall–Kier alpha value is -2.52. The molecule has 1 amide bonds. The van der Waals surface area contributed by atoms with Gasteiger partial charge >= 0.3 is 0 Å². The van der Waals surface area contributed by atoms with Gasteiger partial charge in [0.2, 0.25) is 5.91 Å². The first-order valence-corrected chi connectivity index (χ1v) is 12.0. The van der Waals surface area contributed by atoms with Gasteiger partial charge in [-0.15, -0.1) is 0 Å². The fourth-order valence-electron chi connectivity index (χ4n) is 4.34. The second-order valence-corrected chi connectivity index (χ2v) is 9.88. The fourth-order valence-corrected chi connectivity index (χ4v) is 4.96. The van der Waals surface area contributed by atoms with Gasteiger partial charge in [-0.2, -0.15) is 10.4 Å². The Labute approximate surface area is 208 Å². The van der Waals surface area contributed by atoms with E-state index in [2.05, 4.69) is 11.4 Å². The van der Waals surface area contributed by atoms with Gasteiger partial charge in [0, 0.05) is 21.0 Å². The molecule has 2 aromatic carbocycles. The first kappa shape index (κ1) is 23.6. The van der Waals surface area contributed by atoms with Crippen LogP contribution in [0, 0.1) is 16.7 Å². The van der Waals surface area contributed by atoms with Gasteiger partial charge in [-0.3, -0.25) is 4.79 Å².